The van der Waals surface area contributed by atoms with Crippen LogP contribution in [0.4, 0.5) is 0 Å². The molecule has 2 aliphatic rings. The molecule has 1 saturated heterocycles. The van der Waals surface area contributed by atoms with E-state index < -0.39 is 0 Å². The summed E-state index contributed by atoms with van der Waals surface area (Å²) in [6.07, 6.45) is 10.1. The molecule has 0 aromatic heterocycles. The summed E-state index contributed by atoms with van der Waals surface area (Å²) in [6, 6.07) is 1.58. The molecule has 2 fully saturated rings. The molecule has 2 unspecified atom stereocenters. The average molecular weight is 266 g/mol. The monoisotopic (exact) mass is 266 g/mol. The lowest BCUT2D eigenvalue weighted by molar-refractivity contribution is 0.151. The van der Waals surface area contributed by atoms with Gasteiger partial charge in [-0.05, 0) is 50.6 Å². The topological polar surface area (TPSA) is 15.3 Å². The lowest BCUT2D eigenvalue weighted by Gasteiger charge is -2.36. The smallest absolute Gasteiger partial charge is 0.0223 e. The molecule has 1 aliphatic heterocycles. The van der Waals surface area contributed by atoms with E-state index in [1.165, 1.54) is 58.0 Å². The third-order valence-corrected chi connectivity index (χ3v) is 5.30. The van der Waals surface area contributed by atoms with Crippen LogP contribution in [0.15, 0.2) is 0 Å². The molecular formula is C17H34N2. The second kappa shape index (κ2) is 7.64. The summed E-state index contributed by atoms with van der Waals surface area (Å²) in [7, 11) is 0. The zero-order valence-corrected chi connectivity index (χ0v) is 13.3. The first kappa shape index (κ1) is 15.3. The molecule has 2 rings (SSSR count). The molecule has 1 saturated carbocycles. The van der Waals surface area contributed by atoms with Gasteiger partial charge in [0.15, 0.2) is 0 Å². The van der Waals surface area contributed by atoms with Crippen LogP contribution in [0.25, 0.3) is 0 Å². The minimum absolute atomic E-state index is 0.740. The zero-order chi connectivity index (χ0) is 13.7. The van der Waals surface area contributed by atoms with Crippen LogP contribution in [0.2, 0.25) is 0 Å². The lowest BCUT2D eigenvalue weighted by Crippen LogP contribution is -2.48. The van der Waals surface area contributed by atoms with Gasteiger partial charge in [-0.25, -0.2) is 0 Å². The first-order valence-electron chi connectivity index (χ1n) is 8.69. The molecule has 0 bridgehead atoms. The Labute approximate surface area is 120 Å². The number of likely N-dealkylation sites (tertiary alicyclic amines) is 1. The third kappa shape index (κ3) is 4.19. The van der Waals surface area contributed by atoms with E-state index in [2.05, 4.69) is 31.0 Å². The van der Waals surface area contributed by atoms with Gasteiger partial charge in [0.2, 0.25) is 0 Å². The van der Waals surface area contributed by atoms with E-state index in [-0.39, 0.29) is 0 Å². The Morgan fingerprint density at radius 3 is 2.42 bits per heavy atom. The van der Waals surface area contributed by atoms with Gasteiger partial charge in [0, 0.05) is 18.6 Å². The maximum absolute atomic E-state index is 3.80. The predicted molar refractivity (Wildman–Crippen MR) is 83.5 cm³/mol. The van der Waals surface area contributed by atoms with Crippen LogP contribution in [-0.4, -0.2) is 36.6 Å². The van der Waals surface area contributed by atoms with Crippen molar-refractivity contribution >= 4 is 0 Å². The van der Waals surface area contributed by atoms with Crippen LogP contribution in [0.3, 0.4) is 0 Å². The SMILES string of the molecule is CCNC(CN1CCCC1C(C)C)C1CCCCC1. The molecule has 0 amide bonds. The molecule has 2 heteroatoms. The molecule has 0 aromatic rings. The average Bonchev–Trinajstić information content (AvgIpc) is 2.88. The van der Waals surface area contributed by atoms with Crippen LogP contribution in [0, 0.1) is 11.8 Å². The Kier molecular flexibility index (Phi) is 6.15. The Balaban J connectivity index is 1.91. The molecule has 1 N–H and O–H groups in total. The first-order chi connectivity index (χ1) is 9.22. The number of nitrogens with zero attached hydrogens (tertiary/aromatic N) is 1. The first-order valence-corrected chi connectivity index (χ1v) is 8.69. The lowest BCUT2D eigenvalue weighted by atomic mass is 9.83. The van der Waals surface area contributed by atoms with Gasteiger partial charge in [-0.3, -0.25) is 4.90 Å². The molecule has 0 aromatic carbocycles. The fourth-order valence-electron chi connectivity index (χ4n) is 4.27. The minimum atomic E-state index is 0.740. The van der Waals surface area contributed by atoms with Crippen molar-refractivity contribution in [2.24, 2.45) is 11.8 Å². The summed E-state index contributed by atoms with van der Waals surface area (Å²) in [5.74, 6) is 1.75. The molecule has 2 atom stereocenters. The minimum Gasteiger partial charge on any atom is -0.313 e. The normalized spacial score (nSPS) is 28.1. The van der Waals surface area contributed by atoms with E-state index in [0.29, 0.717) is 0 Å². The summed E-state index contributed by atoms with van der Waals surface area (Å²) in [4.78, 5) is 2.78. The van der Waals surface area contributed by atoms with E-state index in [1.807, 2.05) is 0 Å². The molecule has 112 valence electrons. The van der Waals surface area contributed by atoms with Crippen molar-refractivity contribution in [2.45, 2.75) is 77.8 Å². The van der Waals surface area contributed by atoms with E-state index >= 15 is 0 Å². The molecule has 0 radical (unpaired) electrons. The quantitative estimate of drug-likeness (QED) is 0.789. The Bertz CT molecular complexity index is 246. The highest BCUT2D eigenvalue weighted by Gasteiger charge is 2.31. The van der Waals surface area contributed by atoms with Crippen LogP contribution >= 0.6 is 0 Å². The number of hydrogen-bond donors (Lipinski definition) is 1. The summed E-state index contributed by atoms with van der Waals surface area (Å²) < 4.78 is 0. The van der Waals surface area contributed by atoms with Crippen LogP contribution < -0.4 is 5.32 Å². The third-order valence-electron chi connectivity index (χ3n) is 5.30. The summed E-state index contributed by atoms with van der Waals surface area (Å²) in [6.45, 7) is 10.8. The number of nitrogens with one attached hydrogen (secondary N) is 1. The number of likely N-dealkylation sites (N-methyl/N-ethyl adjacent to an activating group) is 1. The van der Waals surface area contributed by atoms with Crippen LogP contribution in [0.1, 0.15) is 65.7 Å². The zero-order valence-electron chi connectivity index (χ0n) is 13.3. The van der Waals surface area contributed by atoms with Gasteiger partial charge in [-0.2, -0.15) is 0 Å². The maximum atomic E-state index is 3.80. The van der Waals surface area contributed by atoms with Gasteiger partial charge < -0.3 is 5.32 Å². The predicted octanol–water partition coefficient (Wildman–Crippen LogP) is 3.67. The highest BCUT2D eigenvalue weighted by molar-refractivity contribution is 4.88. The van der Waals surface area contributed by atoms with Crippen molar-refractivity contribution in [3.8, 4) is 0 Å². The molecule has 1 heterocycles. The highest BCUT2D eigenvalue weighted by Crippen LogP contribution is 2.29. The van der Waals surface area contributed by atoms with Crippen molar-refractivity contribution in [2.75, 3.05) is 19.6 Å². The summed E-state index contributed by atoms with van der Waals surface area (Å²) in [5, 5.41) is 3.80. The second-order valence-corrected chi connectivity index (χ2v) is 7.01. The van der Waals surface area contributed by atoms with Crippen molar-refractivity contribution < 1.29 is 0 Å². The van der Waals surface area contributed by atoms with Crippen molar-refractivity contribution in [1.82, 2.24) is 10.2 Å². The van der Waals surface area contributed by atoms with Gasteiger partial charge in [0.05, 0.1) is 0 Å². The molecule has 19 heavy (non-hydrogen) atoms. The van der Waals surface area contributed by atoms with Crippen LogP contribution in [-0.2, 0) is 0 Å². The molecule has 1 aliphatic carbocycles. The van der Waals surface area contributed by atoms with E-state index in [0.717, 1.165) is 30.5 Å². The standard InChI is InChI=1S/C17H34N2/c1-4-18-16(15-9-6-5-7-10-15)13-19-12-8-11-17(19)14(2)3/h14-18H,4-13H2,1-3H3. The number of hydrogen-bond acceptors (Lipinski definition) is 2. The molecule has 0 spiro atoms. The fourth-order valence-corrected chi connectivity index (χ4v) is 4.27. The van der Waals surface area contributed by atoms with Gasteiger partial charge in [0.1, 0.15) is 0 Å². The van der Waals surface area contributed by atoms with E-state index in [4.69, 9.17) is 0 Å². The van der Waals surface area contributed by atoms with Gasteiger partial charge in [-0.1, -0.05) is 40.0 Å². The Hall–Kier alpha value is -0.0800. The van der Waals surface area contributed by atoms with Crippen molar-refractivity contribution in [1.29, 1.82) is 0 Å². The molecule has 2 nitrogen and oxygen atoms in total. The van der Waals surface area contributed by atoms with E-state index in [9.17, 15) is 0 Å². The van der Waals surface area contributed by atoms with Gasteiger partial charge in [-0.15, -0.1) is 0 Å². The molecular weight excluding hydrogens is 232 g/mol. The number of rotatable bonds is 6. The van der Waals surface area contributed by atoms with Gasteiger partial charge in [0.25, 0.3) is 0 Å². The largest absolute Gasteiger partial charge is 0.313 e. The summed E-state index contributed by atoms with van der Waals surface area (Å²) >= 11 is 0. The van der Waals surface area contributed by atoms with E-state index in [1.54, 1.807) is 0 Å². The van der Waals surface area contributed by atoms with Crippen molar-refractivity contribution in [3.05, 3.63) is 0 Å². The Morgan fingerprint density at radius 1 is 1.05 bits per heavy atom. The highest BCUT2D eigenvalue weighted by atomic mass is 15.2. The maximum Gasteiger partial charge on any atom is 0.0223 e. The van der Waals surface area contributed by atoms with Gasteiger partial charge >= 0.3 is 0 Å². The fraction of sp³-hybridized carbons (Fsp3) is 1.00. The second-order valence-electron chi connectivity index (χ2n) is 7.01. The Morgan fingerprint density at radius 2 is 1.79 bits per heavy atom. The summed E-state index contributed by atoms with van der Waals surface area (Å²) in [5.41, 5.74) is 0. The van der Waals surface area contributed by atoms with Crippen molar-refractivity contribution in [3.63, 3.8) is 0 Å². The van der Waals surface area contributed by atoms with Crippen LogP contribution in [0.5, 0.6) is 0 Å².